The van der Waals surface area contributed by atoms with Crippen molar-refractivity contribution < 1.29 is 4.39 Å². The third kappa shape index (κ3) is 3.53. The predicted molar refractivity (Wildman–Crippen MR) is 76.5 cm³/mol. The summed E-state index contributed by atoms with van der Waals surface area (Å²) in [6, 6.07) is 7.40. The van der Waals surface area contributed by atoms with Gasteiger partial charge in [-0.05, 0) is 44.6 Å². The van der Waals surface area contributed by atoms with Gasteiger partial charge in [-0.1, -0.05) is 12.1 Å². The lowest BCUT2D eigenvalue weighted by Crippen LogP contribution is -2.42. The van der Waals surface area contributed by atoms with Crippen LogP contribution in [0.5, 0.6) is 0 Å². The summed E-state index contributed by atoms with van der Waals surface area (Å²) in [6.45, 7) is 6.04. The second-order valence-electron chi connectivity index (χ2n) is 5.51. The fraction of sp³-hybridized carbons (Fsp3) is 0.600. The zero-order valence-electron chi connectivity index (χ0n) is 11.8. The lowest BCUT2D eigenvalue weighted by atomic mass is 10.0. The fourth-order valence-corrected chi connectivity index (χ4v) is 3.00. The summed E-state index contributed by atoms with van der Waals surface area (Å²) >= 11 is 0. The van der Waals surface area contributed by atoms with Gasteiger partial charge in [-0.3, -0.25) is 4.90 Å². The van der Waals surface area contributed by atoms with Gasteiger partial charge in [0.05, 0.1) is 0 Å². The second-order valence-corrected chi connectivity index (χ2v) is 5.51. The summed E-state index contributed by atoms with van der Waals surface area (Å²) in [4.78, 5) is 4.82. The molecular formula is C15H24FN3. The SMILES string of the molecule is CC1CN(C)CCCN1C(CN)c1ccc(F)cc1. The molecule has 0 bridgehead atoms. The zero-order valence-corrected chi connectivity index (χ0v) is 11.8. The molecule has 2 rings (SSSR count). The Morgan fingerprint density at radius 2 is 2.00 bits per heavy atom. The quantitative estimate of drug-likeness (QED) is 0.905. The number of halogens is 1. The summed E-state index contributed by atoms with van der Waals surface area (Å²) < 4.78 is 13.0. The molecule has 1 saturated heterocycles. The molecule has 106 valence electrons. The van der Waals surface area contributed by atoms with Crippen LogP contribution in [0.2, 0.25) is 0 Å². The summed E-state index contributed by atoms with van der Waals surface area (Å²) in [7, 11) is 2.16. The van der Waals surface area contributed by atoms with Crippen molar-refractivity contribution in [3.63, 3.8) is 0 Å². The van der Waals surface area contributed by atoms with E-state index in [0.717, 1.165) is 31.6 Å². The largest absolute Gasteiger partial charge is 0.329 e. The maximum absolute atomic E-state index is 13.0. The number of benzene rings is 1. The Labute approximate surface area is 115 Å². The van der Waals surface area contributed by atoms with Gasteiger partial charge in [0.1, 0.15) is 5.82 Å². The molecule has 0 spiro atoms. The minimum atomic E-state index is -0.192. The van der Waals surface area contributed by atoms with Gasteiger partial charge in [-0.2, -0.15) is 0 Å². The average molecular weight is 265 g/mol. The maximum Gasteiger partial charge on any atom is 0.123 e. The van der Waals surface area contributed by atoms with Crippen LogP contribution in [0.15, 0.2) is 24.3 Å². The molecular weight excluding hydrogens is 241 g/mol. The van der Waals surface area contributed by atoms with Gasteiger partial charge in [0, 0.05) is 31.7 Å². The number of hydrogen-bond acceptors (Lipinski definition) is 3. The van der Waals surface area contributed by atoms with Gasteiger partial charge in [0.2, 0.25) is 0 Å². The maximum atomic E-state index is 13.0. The Morgan fingerprint density at radius 3 is 2.63 bits per heavy atom. The third-order valence-corrected chi connectivity index (χ3v) is 3.98. The minimum Gasteiger partial charge on any atom is -0.329 e. The molecule has 0 saturated carbocycles. The van der Waals surface area contributed by atoms with Crippen LogP contribution in [0.25, 0.3) is 0 Å². The van der Waals surface area contributed by atoms with Crippen LogP contribution in [0.3, 0.4) is 0 Å². The molecule has 1 aromatic carbocycles. The van der Waals surface area contributed by atoms with Crippen molar-refractivity contribution in [3.05, 3.63) is 35.6 Å². The first-order valence-electron chi connectivity index (χ1n) is 7.01. The van der Waals surface area contributed by atoms with Crippen LogP contribution in [0.1, 0.15) is 24.9 Å². The van der Waals surface area contributed by atoms with Crippen molar-refractivity contribution in [2.24, 2.45) is 5.73 Å². The van der Waals surface area contributed by atoms with Gasteiger partial charge in [0.15, 0.2) is 0 Å². The molecule has 1 heterocycles. The Balaban J connectivity index is 2.18. The molecule has 0 aliphatic carbocycles. The molecule has 2 unspecified atom stereocenters. The molecule has 2 atom stereocenters. The van der Waals surface area contributed by atoms with Gasteiger partial charge < -0.3 is 10.6 Å². The van der Waals surface area contributed by atoms with Crippen LogP contribution in [-0.4, -0.2) is 49.1 Å². The average Bonchev–Trinajstić information content (AvgIpc) is 2.54. The first-order valence-corrected chi connectivity index (χ1v) is 7.01. The summed E-state index contributed by atoms with van der Waals surface area (Å²) in [5.74, 6) is -0.192. The highest BCUT2D eigenvalue weighted by Crippen LogP contribution is 2.24. The standard InChI is InChI=1S/C15H24FN3/c1-12-11-18(2)8-3-9-19(12)15(10-17)13-4-6-14(16)7-5-13/h4-7,12,15H,3,8-11,17H2,1-2H3. The first-order chi connectivity index (χ1) is 9.11. The van der Waals surface area contributed by atoms with E-state index in [-0.39, 0.29) is 11.9 Å². The van der Waals surface area contributed by atoms with E-state index in [1.54, 1.807) is 0 Å². The van der Waals surface area contributed by atoms with Gasteiger partial charge in [-0.15, -0.1) is 0 Å². The Kier molecular flexibility index (Phi) is 4.91. The topological polar surface area (TPSA) is 32.5 Å². The van der Waals surface area contributed by atoms with Crippen molar-refractivity contribution in [3.8, 4) is 0 Å². The molecule has 1 fully saturated rings. The van der Waals surface area contributed by atoms with Crippen molar-refractivity contribution >= 4 is 0 Å². The molecule has 1 aromatic rings. The lowest BCUT2D eigenvalue weighted by molar-refractivity contribution is 0.146. The van der Waals surface area contributed by atoms with Gasteiger partial charge in [0.25, 0.3) is 0 Å². The van der Waals surface area contributed by atoms with Crippen molar-refractivity contribution in [1.29, 1.82) is 0 Å². The first kappa shape index (κ1) is 14.4. The lowest BCUT2D eigenvalue weighted by Gasteiger charge is -2.35. The highest BCUT2D eigenvalue weighted by atomic mass is 19.1. The van der Waals surface area contributed by atoms with Crippen molar-refractivity contribution in [2.45, 2.75) is 25.4 Å². The van der Waals surface area contributed by atoms with Crippen LogP contribution < -0.4 is 5.73 Å². The van der Waals surface area contributed by atoms with Gasteiger partial charge in [-0.25, -0.2) is 4.39 Å². The molecule has 1 aliphatic heterocycles. The Hall–Kier alpha value is -0.970. The molecule has 0 aromatic heterocycles. The highest BCUT2D eigenvalue weighted by molar-refractivity contribution is 5.20. The number of hydrogen-bond donors (Lipinski definition) is 1. The second kappa shape index (κ2) is 6.46. The van der Waals surface area contributed by atoms with Crippen LogP contribution >= 0.6 is 0 Å². The number of likely N-dealkylation sites (N-methyl/N-ethyl adjacent to an activating group) is 1. The fourth-order valence-electron chi connectivity index (χ4n) is 3.00. The smallest absolute Gasteiger partial charge is 0.123 e. The zero-order chi connectivity index (χ0) is 13.8. The van der Waals surface area contributed by atoms with E-state index in [4.69, 9.17) is 5.73 Å². The Bertz CT molecular complexity index is 393. The van der Waals surface area contributed by atoms with E-state index in [1.165, 1.54) is 12.1 Å². The molecule has 19 heavy (non-hydrogen) atoms. The number of nitrogens with two attached hydrogens (primary N) is 1. The van der Waals surface area contributed by atoms with Crippen LogP contribution in [0.4, 0.5) is 4.39 Å². The molecule has 4 heteroatoms. The Morgan fingerprint density at radius 1 is 1.32 bits per heavy atom. The monoisotopic (exact) mass is 265 g/mol. The van der Waals surface area contributed by atoms with E-state index in [1.807, 2.05) is 12.1 Å². The van der Waals surface area contributed by atoms with E-state index < -0.39 is 0 Å². The minimum absolute atomic E-state index is 0.182. The van der Waals surface area contributed by atoms with Crippen molar-refractivity contribution in [2.75, 3.05) is 33.2 Å². The molecule has 0 radical (unpaired) electrons. The molecule has 0 amide bonds. The van der Waals surface area contributed by atoms with Crippen LogP contribution in [0, 0.1) is 5.82 Å². The summed E-state index contributed by atoms with van der Waals surface area (Å²) in [6.07, 6.45) is 1.15. The van der Waals surface area contributed by atoms with E-state index in [9.17, 15) is 4.39 Å². The summed E-state index contributed by atoms with van der Waals surface area (Å²) in [5, 5.41) is 0. The number of nitrogens with zero attached hydrogens (tertiary/aromatic N) is 2. The summed E-state index contributed by atoms with van der Waals surface area (Å²) in [5.41, 5.74) is 7.08. The van der Waals surface area contributed by atoms with E-state index >= 15 is 0 Å². The van der Waals surface area contributed by atoms with Crippen molar-refractivity contribution in [1.82, 2.24) is 9.80 Å². The van der Waals surface area contributed by atoms with Crippen LogP contribution in [-0.2, 0) is 0 Å². The molecule has 3 nitrogen and oxygen atoms in total. The van der Waals surface area contributed by atoms with E-state index in [2.05, 4.69) is 23.8 Å². The normalized spacial score (nSPS) is 24.1. The molecule has 1 aliphatic rings. The number of rotatable bonds is 3. The predicted octanol–water partition coefficient (Wildman–Crippen LogP) is 1.85. The third-order valence-electron chi connectivity index (χ3n) is 3.98. The molecule has 2 N–H and O–H groups in total. The highest BCUT2D eigenvalue weighted by Gasteiger charge is 2.26. The van der Waals surface area contributed by atoms with E-state index in [0.29, 0.717) is 12.6 Å². The van der Waals surface area contributed by atoms with Gasteiger partial charge >= 0.3 is 0 Å².